The van der Waals surface area contributed by atoms with Crippen molar-refractivity contribution in [2.24, 2.45) is 5.92 Å². The molecule has 0 saturated carbocycles. The lowest BCUT2D eigenvalue weighted by Gasteiger charge is -2.16. The Balaban J connectivity index is 2.06. The zero-order valence-electron chi connectivity index (χ0n) is 10.5. The van der Waals surface area contributed by atoms with Gasteiger partial charge in [-0.1, -0.05) is 0 Å². The topological polar surface area (TPSA) is 60.2 Å². The third-order valence-corrected chi connectivity index (χ3v) is 3.25. The van der Waals surface area contributed by atoms with Crippen LogP contribution in [-0.4, -0.2) is 24.2 Å². The number of rotatable bonds is 3. The molecule has 3 N–H and O–H groups in total. The predicted octanol–water partition coefficient (Wildman–Crippen LogP) is 2.52. The van der Waals surface area contributed by atoms with Gasteiger partial charge in [-0.25, -0.2) is 4.98 Å². The van der Waals surface area contributed by atoms with E-state index in [1.807, 2.05) is 6.92 Å². The molecule has 4 nitrogen and oxygen atoms in total. The second-order valence-electron chi connectivity index (χ2n) is 4.67. The number of anilines is 2. The van der Waals surface area contributed by atoms with Crippen molar-refractivity contribution >= 4 is 11.6 Å². The first-order valence-corrected chi connectivity index (χ1v) is 6.06. The smallest absolute Gasteiger partial charge is 0.384 e. The van der Waals surface area contributed by atoms with Gasteiger partial charge in [0, 0.05) is 19.1 Å². The van der Waals surface area contributed by atoms with Gasteiger partial charge in [-0.05, 0) is 25.5 Å². The number of ether oxygens (including phenoxy) is 1. The minimum atomic E-state index is -4.42. The first-order valence-electron chi connectivity index (χ1n) is 6.06. The largest absolute Gasteiger partial charge is 0.416 e. The Labute approximate surface area is 109 Å². The van der Waals surface area contributed by atoms with Crippen LogP contribution in [0.4, 0.5) is 24.8 Å². The number of nitrogens with one attached hydrogen (secondary N) is 1. The molecule has 106 valence electrons. The second kappa shape index (κ2) is 5.24. The third kappa shape index (κ3) is 3.50. The van der Waals surface area contributed by atoms with E-state index >= 15 is 0 Å². The van der Waals surface area contributed by atoms with Crippen molar-refractivity contribution in [3.8, 4) is 0 Å². The van der Waals surface area contributed by atoms with E-state index in [1.165, 1.54) is 0 Å². The Kier molecular flexibility index (Phi) is 3.84. The zero-order chi connectivity index (χ0) is 14.0. The minimum Gasteiger partial charge on any atom is -0.384 e. The highest BCUT2D eigenvalue weighted by Crippen LogP contribution is 2.31. The average Bonchev–Trinajstić information content (AvgIpc) is 2.70. The molecule has 1 saturated heterocycles. The maximum Gasteiger partial charge on any atom is 0.416 e. The summed E-state index contributed by atoms with van der Waals surface area (Å²) in [7, 11) is 0. The van der Waals surface area contributed by atoms with Crippen LogP contribution in [0.5, 0.6) is 0 Å². The van der Waals surface area contributed by atoms with Gasteiger partial charge in [0.1, 0.15) is 11.6 Å². The van der Waals surface area contributed by atoms with Crippen molar-refractivity contribution in [1.82, 2.24) is 4.98 Å². The number of aromatic nitrogens is 1. The summed E-state index contributed by atoms with van der Waals surface area (Å²) in [6.45, 7) is 3.16. The van der Waals surface area contributed by atoms with Crippen LogP contribution in [0.3, 0.4) is 0 Å². The number of pyridine rings is 1. The summed E-state index contributed by atoms with van der Waals surface area (Å²) in [5.41, 5.74) is 4.60. The van der Waals surface area contributed by atoms with Crippen molar-refractivity contribution < 1.29 is 17.9 Å². The van der Waals surface area contributed by atoms with Gasteiger partial charge in [0.2, 0.25) is 0 Å². The molecule has 0 amide bonds. The van der Waals surface area contributed by atoms with E-state index in [0.29, 0.717) is 13.2 Å². The molecule has 1 aromatic rings. The number of halogens is 3. The van der Waals surface area contributed by atoms with Crippen LogP contribution in [0.15, 0.2) is 12.1 Å². The predicted molar refractivity (Wildman–Crippen MR) is 65.7 cm³/mol. The summed E-state index contributed by atoms with van der Waals surface area (Å²) in [4.78, 5) is 3.86. The summed E-state index contributed by atoms with van der Waals surface area (Å²) >= 11 is 0. The molecule has 7 heteroatoms. The summed E-state index contributed by atoms with van der Waals surface area (Å²) in [5, 5.41) is 2.90. The standard InChI is InChI=1S/C12H16F3N3O/c1-7-8(2-3-19-7)6-17-11-5-9(12(13,14)15)4-10(16)18-11/h4-5,7-8H,2-3,6H2,1H3,(H3,16,17,18). The maximum absolute atomic E-state index is 12.6. The molecule has 2 atom stereocenters. The summed E-state index contributed by atoms with van der Waals surface area (Å²) in [6, 6.07) is 1.79. The molecule has 1 aliphatic heterocycles. The molecule has 0 aliphatic carbocycles. The van der Waals surface area contributed by atoms with Gasteiger partial charge < -0.3 is 15.8 Å². The van der Waals surface area contributed by atoms with Gasteiger partial charge in [0.05, 0.1) is 11.7 Å². The summed E-state index contributed by atoms with van der Waals surface area (Å²) < 4.78 is 43.3. The van der Waals surface area contributed by atoms with E-state index in [0.717, 1.165) is 18.6 Å². The maximum atomic E-state index is 12.6. The first kappa shape index (κ1) is 13.9. The molecule has 1 aliphatic rings. The molecular formula is C12H16F3N3O. The Hall–Kier alpha value is -1.50. The number of hydrogen-bond acceptors (Lipinski definition) is 4. The highest BCUT2D eigenvalue weighted by molar-refractivity contribution is 5.47. The molecule has 0 spiro atoms. The van der Waals surface area contributed by atoms with E-state index < -0.39 is 11.7 Å². The van der Waals surface area contributed by atoms with E-state index in [9.17, 15) is 13.2 Å². The molecule has 1 aromatic heterocycles. The highest BCUT2D eigenvalue weighted by atomic mass is 19.4. The molecule has 2 rings (SSSR count). The molecule has 1 fully saturated rings. The SMILES string of the molecule is CC1OCCC1CNc1cc(C(F)(F)F)cc(N)n1. The lowest BCUT2D eigenvalue weighted by atomic mass is 10.0. The fourth-order valence-corrected chi connectivity index (χ4v) is 2.09. The van der Waals surface area contributed by atoms with Crippen LogP contribution >= 0.6 is 0 Å². The van der Waals surface area contributed by atoms with Crippen LogP contribution < -0.4 is 11.1 Å². The minimum absolute atomic E-state index is 0.107. The van der Waals surface area contributed by atoms with Gasteiger partial charge in [-0.2, -0.15) is 13.2 Å². The lowest BCUT2D eigenvalue weighted by Crippen LogP contribution is -2.21. The Morgan fingerprint density at radius 1 is 1.47 bits per heavy atom. The average molecular weight is 275 g/mol. The molecule has 2 unspecified atom stereocenters. The Morgan fingerprint density at radius 2 is 2.21 bits per heavy atom. The number of hydrogen-bond donors (Lipinski definition) is 2. The van der Waals surface area contributed by atoms with Crippen LogP contribution in [-0.2, 0) is 10.9 Å². The normalized spacial score (nSPS) is 23.6. The lowest BCUT2D eigenvalue weighted by molar-refractivity contribution is -0.137. The van der Waals surface area contributed by atoms with E-state index in [1.54, 1.807) is 0 Å². The quantitative estimate of drug-likeness (QED) is 0.890. The first-order chi connectivity index (χ1) is 8.86. The van der Waals surface area contributed by atoms with Crippen molar-refractivity contribution in [3.05, 3.63) is 17.7 Å². The fourth-order valence-electron chi connectivity index (χ4n) is 2.09. The summed E-state index contributed by atoms with van der Waals surface area (Å²) in [5.74, 6) is 0.275. The van der Waals surface area contributed by atoms with Crippen molar-refractivity contribution in [2.45, 2.75) is 25.6 Å². The van der Waals surface area contributed by atoms with Crippen LogP contribution in [0.25, 0.3) is 0 Å². The second-order valence-corrected chi connectivity index (χ2v) is 4.67. The van der Waals surface area contributed by atoms with E-state index in [4.69, 9.17) is 10.5 Å². The van der Waals surface area contributed by atoms with Gasteiger partial charge in [0.25, 0.3) is 0 Å². The van der Waals surface area contributed by atoms with Crippen molar-refractivity contribution in [1.29, 1.82) is 0 Å². The number of nitrogen functional groups attached to an aromatic ring is 1. The molecule has 19 heavy (non-hydrogen) atoms. The molecular weight excluding hydrogens is 259 g/mol. The number of nitrogens with two attached hydrogens (primary N) is 1. The molecule has 0 bridgehead atoms. The Bertz CT molecular complexity index is 450. The van der Waals surface area contributed by atoms with Crippen molar-refractivity contribution in [2.75, 3.05) is 24.2 Å². The van der Waals surface area contributed by atoms with Crippen LogP contribution in [0, 0.1) is 5.92 Å². The van der Waals surface area contributed by atoms with Gasteiger partial charge in [0.15, 0.2) is 0 Å². The molecule has 2 heterocycles. The van der Waals surface area contributed by atoms with E-state index in [2.05, 4.69) is 10.3 Å². The Morgan fingerprint density at radius 3 is 2.79 bits per heavy atom. The zero-order valence-corrected chi connectivity index (χ0v) is 10.5. The monoisotopic (exact) mass is 275 g/mol. The number of nitrogens with zero attached hydrogens (tertiary/aromatic N) is 1. The van der Waals surface area contributed by atoms with Crippen LogP contribution in [0.2, 0.25) is 0 Å². The van der Waals surface area contributed by atoms with Crippen molar-refractivity contribution in [3.63, 3.8) is 0 Å². The van der Waals surface area contributed by atoms with Gasteiger partial charge >= 0.3 is 6.18 Å². The van der Waals surface area contributed by atoms with Crippen LogP contribution in [0.1, 0.15) is 18.9 Å². The summed E-state index contributed by atoms with van der Waals surface area (Å²) in [6.07, 6.45) is -3.42. The molecule has 0 aromatic carbocycles. The highest BCUT2D eigenvalue weighted by Gasteiger charge is 2.31. The fraction of sp³-hybridized carbons (Fsp3) is 0.583. The molecule has 0 radical (unpaired) electrons. The van der Waals surface area contributed by atoms with Gasteiger partial charge in [-0.3, -0.25) is 0 Å². The number of alkyl halides is 3. The van der Waals surface area contributed by atoms with Gasteiger partial charge in [-0.15, -0.1) is 0 Å². The van der Waals surface area contributed by atoms with E-state index in [-0.39, 0.29) is 23.7 Å². The third-order valence-electron chi connectivity index (χ3n) is 3.25.